The van der Waals surface area contributed by atoms with Crippen molar-refractivity contribution in [3.8, 4) is 0 Å². The summed E-state index contributed by atoms with van der Waals surface area (Å²) in [5.74, 6) is -0.217. The normalized spacial score (nSPS) is 14.3. The van der Waals surface area contributed by atoms with Crippen molar-refractivity contribution in [2.24, 2.45) is 11.7 Å². The SMILES string of the molecule is CCNC(=O)c1cc(C(=O)NCC)cc(C(O)CNCC(CC)C(C)N)c1. The molecule has 152 valence electrons. The van der Waals surface area contributed by atoms with Crippen molar-refractivity contribution in [1.82, 2.24) is 16.0 Å². The molecule has 3 unspecified atom stereocenters. The first-order valence-electron chi connectivity index (χ1n) is 9.69. The second kappa shape index (κ2) is 11.7. The second-order valence-corrected chi connectivity index (χ2v) is 6.76. The molecule has 0 aliphatic rings. The summed E-state index contributed by atoms with van der Waals surface area (Å²) in [6, 6.07) is 4.87. The highest BCUT2D eigenvalue weighted by Gasteiger charge is 2.17. The molecule has 0 saturated carbocycles. The lowest BCUT2D eigenvalue weighted by Crippen LogP contribution is -2.36. The maximum atomic E-state index is 12.2. The molecule has 6 N–H and O–H groups in total. The number of hydrogen-bond acceptors (Lipinski definition) is 5. The summed E-state index contributed by atoms with van der Waals surface area (Å²) in [6.45, 7) is 9.70. The Hall–Kier alpha value is -1.96. The quantitative estimate of drug-likeness (QED) is 0.396. The van der Waals surface area contributed by atoms with Gasteiger partial charge in [-0.2, -0.15) is 0 Å². The van der Waals surface area contributed by atoms with E-state index in [9.17, 15) is 14.7 Å². The van der Waals surface area contributed by atoms with Crippen LogP contribution in [0, 0.1) is 5.92 Å². The highest BCUT2D eigenvalue weighted by molar-refractivity contribution is 6.00. The van der Waals surface area contributed by atoms with E-state index in [1.165, 1.54) is 0 Å². The van der Waals surface area contributed by atoms with Gasteiger partial charge in [0, 0.05) is 36.8 Å². The van der Waals surface area contributed by atoms with Crippen LogP contribution in [0.5, 0.6) is 0 Å². The zero-order chi connectivity index (χ0) is 20.4. The topological polar surface area (TPSA) is 116 Å². The van der Waals surface area contributed by atoms with Crippen molar-refractivity contribution in [3.63, 3.8) is 0 Å². The van der Waals surface area contributed by atoms with Crippen LogP contribution in [0.3, 0.4) is 0 Å². The summed E-state index contributed by atoms with van der Waals surface area (Å²) in [6.07, 6.45) is 0.118. The Kier molecular flexibility index (Phi) is 9.99. The van der Waals surface area contributed by atoms with Gasteiger partial charge in [0.2, 0.25) is 0 Å². The fourth-order valence-corrected chi connectivity index (χ4v) is 2.86. The number of benzene rings is 1. The predicted octanol–water partition coefficient (Wildman–Crippen LogP) is 1.18. The highest BCUT2D eigenvalue weighted by Crippen LogP contribution is 2.18. The molecule has 0 saturated heterocycles. The van der Waals surface area contributed by atoms with Crippen LogP contribution in [-0.2, 0) is 0 Å². The van der Waals surface area contributed by atoms with E-state index in [2.05, 4.69) is 22.9 Å². The Morgan fingerprint density at radius 3 is 1.93 bits per heavy atom. The Balaban J connectivity index is 2.95. The van der Waals surface area contributed by atoms with Gasteiger partial charge in [0.1, 0.15) is 0 Å². The molecule has 27 heavy (non-hydrogen) atoms. The average Bonchev–Trinajstić information content (AvgIpc) is 2.64. The van der Waals surface area contributed by atoms with E-state index in [1.54, 1.807) is 18.2 Å². The molecule has 7 heteroatoms. The van der Waals surface area contributed by atoms with Crippen molar-refractivity contribution in [3.05, 3.63) is 34.9 Å². The molecule has 0 aliphatic heterocycles. The van der Waals surface area contributed by atoms with Crippen LogP contribution in [-0.4, -0.2) is 49.1 Å². The number of nitrogens with one attached hydrogen (secondary N) is 3. The number of amides is 2. The van der Waals surface area contributed by atoms with E-state index in [0.717, 1.165) is 6.42 Å². The summed E-state index contributed by atoms with van der Waals surface area (Å²) in [5.41, 5.74) is 7.19. The van der Waals surface area contributed by atoms with E-state index >= 15 is 0 Å². The number of nitrogens with two attached hydrogens (primary N) is 1. The molecular formula is C20H34N4O3. The van der Waals surface area contributed by atoms with Gasteiger partial charge in [0.25, 0.3) is 11.8 Å². The van der Waals surface area contributed by atoms with E-state index in [4.69, 9.17) is 5.73 Å². The standard InChI is InChI=1S/C20H34N4O3/c1-5-14(13(4)21)11-22-12-18(25)15-8-16(19(26)23-6-2)10-17(9-15)20(27)24-7-3/h8-10,13-14,18,22,25H,5-7,11-12,21H2,1-4H3,(H,23,26)(H,24,27). The first kappa shape index (κ1) is 23.1. The van der Waals surface area contributed by atoms with Crippen LogP contribution in [0.1, 0.15) is 66.5 Å². The molecule has 0 bridgehead atoms. The summed E-state index contributed by atoms with van der Waals surface area (Å²) in [5, 5.41) is 19.2. The summed E-state index contributed by atoms with van der Waals surface area (Å²) in [4.78, 5) is 24.4. The molecule has 2 amide bonds. The van der Waals surface area contributed by atoms with E-state index in [-0.39, 0.29) is 17.9 Å². The lowest BCUT2D eigenvalue weighted by Gasteiger charge is -2.21. The molecule has 0 fully saturated rings. The molecular weight excluding hydrogens is 344 g/mol. The molecule has 0 spiro atoms. The van der Waals surface area contributed by atoms with Gasteiger partial charge in [-0.15, -0.1) is 0 Å². The maximum Gasteiger partial charge on any atom is 0.251 e. The number of rotatable bonds is 11. The molecule has 1 rings (SSSR count). The highest BCUT2D eigenvalue weighted by atomic mass is 16.3. The van der Waals surface area contributed by atoms with Gasteiger partial charge in [-0.3, -0.25) is 9.59 Å². The van der Waals surface area contributed by atoms with Crippen LogP contribution in [0.2, 0.25) is 0 Å². The summed E-state index contributed by atoms with van der Waals surface area (Å²) >= 11 is 0. The molecule has 0 aromatic heterocycles. The summed E-state index contributed by atoms with van der Waals surface area (Å²) < 4.78 is 0. The molecule has 3 atom stereocenters. The summed E-state index contributed by atoms with van der Waals surface area (Å²) in [7, 11) is 0. The van der Waals surface area contributed by atoms with Gasteiger partial charge >= 0.3 is 0 Å². The third kappa shape index (κ3) is 7.28. The van der Waals surface area contributed by atoms with Crippen LogP contribution >= 0.6 is 0 Å². The number of aliphatic hydroxyl groups excluding tert-OH is 1. The van der Waals surface area contributed by atoms with Gasteiger partial charge in [-0.1, -0.05) is 13.3 Å². The van der Waals surface area contributed by atoms with Crippen molar-refractivity contribution < 1.29 is 14.7 Å². The van der Waals surface area contributed by atoms with Gasteiger partial charge < -0.3 is 26.8 Å². The third-order valence-corrected chi connectivity index (χ3v) is 4.55. The molecule has 1 aromatic carbocycles. The van der Waals surface area contributed by atoms with Crippen LogP contribution in [0.25, 0.3) is 0 Å². The zero-order valence-corrected chi connectivity index (χ0v) is 16.8. The van der Waals surface area contributed by atoms with Crippen LogP contribution in [0.15, 0.2) is 18.2 Å². The van der Waals surface area contributed by atoms with E-state index in [0.29, 0.717) is 48.8 Å². The van der Waals surface area contributed by atoms with Gasteiger partial charge in [0.15, 0.2) is 0 Å². The minimum Gasteiger partial charge on any atom is -0.387 e. The van der Waals surface area contributed by atoms with E-state index < -0.39 is 6.10 Å². The Labute approximate surface area is 162 Å². The Bertz CT molecular complexity index is 583. The average molecular weight is 379 g/mol. The minimum atomic E-state index is -0.835. The Morgan fingerprint density at radius 1 is 1.00 bits per heavy atom. The van der Waals surface area contributed by atoms with Gasteiger partial charge in [-0.25, -0.2) is 0 Å². The molecule has 1 aromatic rings. The maximum absolute atomic E-state index is 12.2. The first-order chi connectivity index (χ1) is 12.8. The van der Waals surface area contributed by atoms with Crippen molar-refractivity contribution in [1.29, 1.82) is 0 Å². The fraction of sp³-hybridized carbons (Fsp3) is 0.600. The third-order valence-electron chi connectivity index (χ3n) is 4.55. The smallest absolute Gasteiger partial charge is 0.251 e. The molecule has 0 heterocycles. The molecule has 0 aliphatic carbocycles. The molecule has 7 nitrogen and oxygen atoms in total. The lowest BCUT2D eigenvalue weighted by molar-refractivity contribution is 0.0955. The Morgan fingerprint density at radius 2 is 1.52 bits per heavy atom. The van der Waals surface area contributed by atoms with Crippen molar-refractivity contribution >= 4 is 11.8 Å². The zero-order valence-electron chi connectivity index (χ0n) is 16.8. The largest absolute Gasteiger partial charge is 0.387 e. The fourth-order valence-electron chi connectivity index (χ4n) is 2.86. The number of aliphatic hydroxyl groups is 1. The van der Waals surface area contributed by atoms with Gasteiger partial charge in [0.05, 0.1) is 6.10 Å². The number of carbonyl (C=O) groups is 2. The second-order valence-electron chi connectivity index (χ2n) is 6.76. The van der Waals surface area contributed by atoms with E-state index in [1.807, 2.05) is 20.8 Å². The minimum absolute atomic E-state index is 0.0741. The van der Waals surface area contributed by atoms with Crippen molar-refractivity contribution in [2.75, 3.05) is 26.2 Å². The molecule has 0 radical (unpaired) electrons. The number of hydrogen-bond donors (Lipinski definition) is 5. The lowest BCUT2D eigenvalue weighted by atomic mass is 9.98. The van der Waals surface area contributed by atoms with Gasteiger partial charge in [-0.05, 0) is 57.0 Å². The number of carbonyl (C=O) groups excluding carboxylic acids is 2. The monoisotopic (exact) mass is 378 g/mol. The van der Waals surface area contributed by atoms with Crippen LogP contribution < -0.4 is 21.7 Å². The first-order valence-corrected chi connectivity index (χ1v) is 9.69. The van der Waals surface area contributed by atoms with Crippen molar-refractivity contribution in [2.45, 2.75) is 46.3 Å². The predicted molar refractivity (Wildman–Crippen MR) is 108 cm³/mol. The van der Waals surface area contributed by atoms with Crippen LogP contribution in [0.4, 0.5) is 0 Å².